The van der Waals surface area contributed by atoms with Gasteiger partial charge in [-0.3, -0.25) is 9.88 Å². The quantitative estimate of drug-likeness (QED) is 0.822. The molecule has 1 aromatic heterocycles. The number of benzene rings is 1. The van der Waals surface area contributed by atoms with Crippen LogP contribution in [-0.4, -0.2) is 36.2 Å². The zero-order valence-electron chi connectivity index (χ0n) is 10.6. The van der Waals surface area contributed by atoms with Crippen LogP contribution in [0.3, 0.4) is 0 Å². The Bertz CT molecular complexity index is 614. The fourth-order valence-corrected chi connectivity index (χ4v) is 2.47. The standard InChI is InChI=1S/C15H15N3O/c16-11-15(18-6-8-19-9-7-18)13-3-4-14-12(10-13)2-1-5-17-14/h1-5,10,15H,6-9H2. The van der Waals surface area contributed by atoms with E-state index < -0.39 is 0 Å². The van der Waals surface area contributed by atoms with Crippen LogP contribution in [0.2, 0.25) is 0 Å². The minimum atomic E-state index is -0.200. The van der Waals surface area contributed by atoms with Gasteiger partial charge in [-0.1, -0.05) is 12.1 Å². The molecule has 1 fully saturated rings. The predicted octanol–water partition coefficient (Wildman–Crippen LogP) is 2.13. The number of nitrogens with zero attached hydrogens (tertiary/aromatic N) is 3. The third kappa shape index (κ3) is 2.43. The Balaban J connectivity index is 1.94. The molecule has 1 aromatic carbocycles. The van der Waals surface area contributed by atoms with Gasteiger partial charge in [-0.25, -0.2) is 0 Å². The van der Waals surface area contributed by atoms with E-state index in [4.69, 9.17) is 4.74 Å². The lowest BCUT2D eigenvalue weighted by Gasteiger charge is -2.30. The zero-order chi connectivity index (χ0) is 13.1. The number of aromatic nitrogens is 1. The Morgan fingerprint density at radius 2 is 2.11 bits per heavy atom. The van der Waals surface area contributed by atoms with Crippen LogP contribution in [0.5, 0.6) is 0 Å². The molecule has 3 rings (SSSR count). The van der Waals surface area contributed by atoms with Crippen LogP contribution in [0, 0.1) is 11.3 Å². The third-order valence-corrected chi connectivity index (χ3v) is 3.48. The molecule has 1 saturated heterocycles. The Labute approximate surface area is 112 Å². The summed E-state index contributed by atoms with van der Waals surface area (Å²) in [7, 11) is 0. The van der Waals surface area contributed by atoms with E-state index in [2.05, 4.69) is 22.0 Å². The SMILES string of the molecule is N#CC(c1ccc2ncccc2c1)N1CCOCC1. The van der Waals surface area contributed by atoms with Crippen molar-refractivity contribution < 1.29 is 4.74 Å². The lowest BCUT2D eigenvalue weighted by atomic mass is 10.0. The minimum Gasteiger partial charge on any atom is -0.379 e. The number of morpholine rings is 1. The second kappa shape index (κ2) is 5.35. The molecule has 0 aliphatic carbocycles. The monoisotopic (exact) mass is 253 g/mol. The van der Waals surface area contributed by atoms with Gasteiger partial charge in [0.05, 0.1) is 24.8 Å². The van der Waals surface area contributed by atoms with Crippen LogP contribution in [0.4, 0.5) is 0 Å². The molecule has 0 N–H and O–H groups in total. The highest BCUT2D eigenvalue weighted by Crippen LogP contribution is 2.24. The maximum absolute atomic E-state index is 9.46. The third-order valence-electron chi connectivity index (χ3n) is 3.48. The van der Waals surface area contributed by atoms with Crippen LogP contribution in [-0.2, 0) is 4.74 Å². The summed E-state index contributed by atoms with van der Waals surface area (Å²) in [5, 5.41) is 10.5. The average Bonchev–Trinajstić information content (AvgIpc) is 2.49. The van der Waals surface area contributed by atoms with Crippen LogP contribution in [0.15, 0.2) is 36.5 Å². The van der Waals surface area contributed by atoms with Gasteiger partial charge in [-0.2, -0.15) is 5.26 Å². The number of hydrogen-bond donors (Lipinski definition) is 0. The van der Waals surface area contributed by atoms with Gasteiger partial charge in [0.1, 0.15) is 6.04 Å². The molecule has 0 amide bonds. The smallest absolute Gasteiger partial charge is 0.124 e. The van der Waals surface area contributed by atoms with Gasteiger partial charge >= 0.3 is 0 Å². The molecule has 2 aromatic rings. The minimum absolute atomic E-state index is 0.200. The van der Waals surface area contributed by atoms with E-state index in [-0.39, 0.29) is 6.04 Å². The Hall–Kier alpha value is -1.96. The fourth-order valence-electron chi connectivity index (χ4n) is 2.47. The maximum atomic E-state index is 9.46. The topological polar surface area (TPSA) is 49.2 Å². The van der Waals surface area contributed by atoms with E-state index in [1.54, 1.807) is 6.20 Å². The highest BCUT2D eigenvalue weighted by atomic mass is 16.5. The van der Waals surface area contributed by atoms with Gasteiger partial charge < -0.3 is 4.74 Å². The van der Waals surface area contributed by atoms with Gasteiger partial charge in [-0.15, -0.1) is 0 Å². The summed E-state index contributed by atoms with van der Waals surface area (Å²) in [6.45, 7) is 3.02. The first-order valence-electron chi connectivity index (χ1n) is 6.44. The molecule has 4 heteroatoms. The molecule has 1 aliphatic rings. The summed E-state index contributed by atoms with van der Waals surface area (Å²) in [4.78, 5) is 6.47. The van der Waals surface area contributed by atoms with Crippen molar-refractivity contribution in [3.8, 4) is 6.07 Å². The predicted molar refractivity (Wildman–Crippen MR) is 72.5 cm³/mol. The zero-order valence-corrected chi connectivity index (χ0v) is 10.6. The molecule has 0 radical (unpaired) electrons. The normalized spacial score (nSPS) is 18.1. The number of nitriles is 1. The highest BCUT2D eigenvalue weighted by molar-refractivity contribution is 5.79. The largest absolute Gasteiger partial charge is 0.379 e. The molecule has 2 heterocycles. The Morgan fingerprint density at radius 1 is 1.26 bits per heavy atom. The molecule has 19 heavy (non-hydrogen) atoms. The van der Waals surface area contributed by atoms with Crippen molar-refractivity contribution in [3.05, 3.63) is 42.1 Å². The fraction of sp³-hybridized carbons (Fsp3) is 0.333. The maximum Gasteiger partial charge on any atom is 0.124 e. The summed E-state index contributed by atoms with van der Waals surface area (Å²) in [5.41, 5.74) is 2.00. The Morgan fingerprint density at radius 3 is 2.89 bits per heavy atom. The van der Waals surface area contributed by atoms with Gasteiger partial charge in [0.25, 0.3) is 0 Å². The lowest BCUT2D eigenvalue weighted by molar-refractivity contribution is 0.0266. The molecule has 0 bridgehead atoms. The van der Waals surface area contributed by atoms with E-state index in [1.807, 2.05) is 24.3 Å². The van der Waals surface area contributed by atoms with Crippen molar-refractivity contribution >= 4 is 10.9 Å². The molecule has 0 saturated carbocycles. The van der Waals surface area contributed by atoms with Crippen LogP contribution < -0.4 is 0 Å². The van der Waals surface area contributed by atoms with Crippen LogP contribution in [0.25, 0.3) is 10.9 Å². The first-order valence-corrected chi connectivity index (χ1v) is 6.44. The number of ether oxygens (including phenoxy) is 1. The lowest BCUT2D eigenvalue weighted by Crippen LogP contribution is -2.38. The molecule has 0 spiro atoms. The highest BCUT2D eigenvalue weighted by Gasteiger charge is 2.22. The van der Waals surface area contributed by atoms with E-state index >= 15 is 0 Å². The molecule has 4 nitrogen and oxygen atoms in total. The van der Waals surface area contributed by atoms with Gasteiger partial charge in [0, 0.05) is 24.7 Å². The summed E-state index contributed by atoms with van der Waals surface area (Å²) in [5.74, 6) is 0. The van der Waals surface area contributed by atoms with Crippen molar-refractivity contribution in [1.29, 1.82) is 5.26 Å². The summed E-state index contributed by atoms with van der Waals surface area (Å²) >= 11 is 0. The molecule has 1 atom stereocenters. The molecule has 1 unspecified atom stereocenters. The first-order chi connectivity index (χ1) is 9.38. The van der Waals surface area contributed by atoms with Gasteiger partial charge in [0.2, 0.25) is 0 Å². The summed E-state index contributed by atoms with van der Waals surface area (Å²) in [6, 6.07) is 12.2. The summed E-state index contributed by atoms with van der Waals surface area (Å²) in [6.07, 6.45) is 1.78. The van der Waals surface area contributed by atoms with Gasteiger partial charge in [0.15, 0.2) is 0 Å². The average molecular weight is 253 g/mol. The number of pyridine rings is 1. The summed E-state index contributed by atoms with van der Waals surface area (Å²) < 4.78 is 5.34. The van der Waals surface area contributed by atoms with E-state index in [1.165, 1.54) is 0 Å². The first kappa shape index (κ1) is 12.1. The molecule has 1 aliphatic heterocycles. The van der Waals surface area contributed by atoms with Crippen molar-refractivity contribution in [1.82, 2.24) is 9.88 Å². The van der Waals surface area contributed by atoms with Crippen molar-refractivity contribution in [2.24, 2.45) is 0 Å². The van der Waals surface area contributed by atoms with E-state index in [0.717, 1.165) is 29.6 Å². The van der Waals surface area contributed by atoms with Crippen molar-refractivity contribution in [3.63, 3.8) is 0 Å². The second-order valence-electron chi connectivity index (χ2n) is 4.64. The molecule has 96 valence electrons. The van der Waals surface area contributed by atoms with E-state index in [0.29, 0.717) is 13.2 Å². The van der Waals surface area contributed by atoms with Crippen LogP contribution in [0.1, 0.15) is 11.6 Å². The van der Waals surface area contributed by atoms with Crippen molar-refractivity contribution in [2.75, 3.05) is 26.3 Å². The van der Waals surface area contributed by atoms with Crippen molar-refractivity contribution in [2.45, 2.75) is 6.04 Å². The number of rotatable bonds is 2. The molecular formula is C15H15N3O. The van der Waals surface area contributed by atoms with Gasteiger partial charge in [-0.05, 0) is 23.8 Å². The van der Waals surface area contributed by atoms with Crippen LogP contribution >= 0.6 is 0 Å². The Kier molecular flexibility index (Phi) is 3.41. The van der Waals surface area contributed by atoms with E-state index in [9.17, 15) is 5.26 Å². The second-order valence-corrected chi connectivity index (χ2v) is 4.64. The number of fused-ring (bicyclic) bond motifs is 1. The number of hydrogen-bond acceptors (Lipinski definition) is 4. The molecular weight excluding hydrogens is 238 g/mol.